The van der Waals surface area contributed by atoms with Crippen LogP contribution in [0.2, 0.25) is 0 Å². The number of hydrogen-bond donors (Lipinski definition) is 2. The molecule has 0 radical (unpaired) electrons. The highest BCUT2D eigenvalue weighted by Gasteiger charge is 2.19. The second kappa shape index (κ2) is 7.31. The molecular weight excluding hydrogens is 314 g/mol. The predicted molar refractivity (Wildman–Crippen MR) is 89.4 cm³/mol. The van der Waals surface area contributed by atoms with Crippen LogP contribution in [0.1, 0.15) is 37.3 Å². The first-order valence-electron chi connectivity index (χ1n) is 7.92. The molecule has 23 heavy (non-hydrogen) atoms. The minimum absolute atomic E-state index is 0.0614. The number of nitrogens with zero attached hydrogens (tertiary/aromatic N) is 1. The van der Waals surface area contributed by atoms with Crippen LogP contribution in [-0.2, 0) is 16.6 Å². The van der Waals surface area contributed by atoms with Crippen molar-refractivity contribution in [1.29, 1.82) is 0 Å². The molecule has 1 atom stereocenters. The van der Waals surface area contributed by atoms with Crippen molar-refractivity contribution in [2.45, 2.75) is 44.6 Å². The van der Waals surface area contributed by atoms with Gasteiger partial charge in [0.1, 0.15) is 0 Å². The van der Waals surface area contributed by atoms with E-state index in [1.54, 1.807) is 6.07 Å². The summed E-state index contributed by atoms with van der Waals surface area (Å²) in [5, 5.41) is 8.04. The summed E-state index contributed by atoms with van der Waals surface area (Å²) in [7, 11) is -3.70. The van der Waals surface area contributed by atoms with E-state index in [1.807, 2.05) is 11.8 Å². The van der Waals surface area contributed by atoms with Gasteiger partial charge in [0.2, 0.25) is 10.0 Å². The Labute approximate surface area is 138 Å². The van der Waals surface area contributed by atoms with E-state index >= 15 is 0 Å². The number of primary sulfonamides is 1. The van der Waals surface area contributed by atoms with Crippen molar-refractivity contribution in [2.24, 2.45) is 11.1 Å². The van der Waals surface area contributed by atoms with Gasteiger partial charge < -0.3 is 10.2 Å². The molecule has 0 bridgehead atoms. The van der Waals surface area contributed by atoms with Crippen LogP contribution in [0.3, 0.4) is 0 Å². The molecule has 0 spiro atoms. The lowest BCUT2D eigenvalue weighted by atomic mass is 10.1. The maximum atomic E-state index is 12.3. The molecule has 128 valence electrons. The van der Waals surface area contributed by atoms with Gasteiger partial charge in [-0.1, -0.05) is 19.4 Å². The lowest BCUT2D eigenvalue weighted by molar-refractivity contribution is 0.193. The second-order valence-electron chi connectivity index (χ2n) is 6.34. The summed E-state index contributed by atoms with van der Waals surface area (Å²) in [5.74, 6) is 0.527. The number of hydrogen-bond acceptors (Lipinski definition) is 3. The third-order valence-electron chi connectivity index (χ3n) is 4.27. The van der Waals surface area contributed by atoms with Crippen molar-refractivity contribution in [3.05, 3.63) is 29.3 Å². The zero-order chi connectivity index (χ0) is 17.0. The second-order valence-corrected chi connectivity index (χ2v) is 7.90. The number of carbonyl (C=O) groups excluding carboxylic acids is 1. The number of amides is 2. The largest absolute Gasteiger partial charge is 0.334 e. The molecule has 7 heteroatoms. The Morgan fingerprint density at radius 3 is 2.78 bits per heavy atom. The summed E-state index contributed by atoms with van der Waals surface area (Å²) in [6, 6.07) is 4.64. The number of aryl methyl sites for hydroxylation is 1. The Kier molecular flexibility index (Phi) is 5.64. The van der Waals surface area contributed by atoms with Gasteiger partial charge in [0.15, 0.2) is 0 Å². The van der Waals surface area contributed by atoms with Crippen LogP contribution in [0, 0.1) is 12.8 Å². The minimum atomic E-state index is -3.70. The standard InChI is InChI=1S/C16H25N3O3S/c1-12-5-3-4-8-19(11-12)16(20)18-10-14-6-7-15(9-13(14)2)23(17,21)22/h6-7,9,12H,3-5,8,10-11H2,1-2H3,(H,18,20)(H2,17,21,22)/t12-/m0/s1. The fourth-order valence-corrected chi connectivity index (χ4v) is 3.46. The average Bonchev–Trinajstić information content (AvgIpc) is 2.69. The summed E-state index contributed by atoms with van der Waals surface area (Å²) in [6.45, 7) is 5.93. The normalized spacial score (nSPS) is 19.3. The van der Waals surface area contributed by atoms with Crippen LogP contribution < -0.4 is 10.5 Å². The highest BCUT2D eigenvalue weighted by molar-refractivity contribution is 7.89. The molecule has 2 amide bonds. The molecule has 1 aliphatic rings. The third kappa shape index (κ3) is 4.94. The Hall–Kier alpha value is -1.60. The monoisotopic (exact) mass is 339 g/mol. The minimum Gasteiger partial charge on any atom is -0.334 e. The number of urea groups is 1. The van der Waals surface area contributed by atoms with Gasteiger partial charge in [-0.2, -0.15) is 0 Å². The van der Waals surface area contributed by atoms with E-state index < -0.39 is 10.0 Å². The molecule has 0 saturated carbocycles. The smallest absolute Gasteiger partial charge is 0.317 e. The van der Waals surface area contributed by atoms with Gasteiger partial charge in [0, 0.05) is 19.6 Å². The first-order chi connectivity index (χ1) is 10.8. The quantitative estimate of drug-likeness (QED) is 0.882. The first kappa shape index (κ1) is 17.7. The maximum Gasteiger partial charge on any atom is 0.317 e. The maximum absolute atomic E-state index is 12.3. The van der Waals surface area contributed by atoms with Gasteiger partial charge in [0.05, 0.1) is 4.90 Å². The molecule has 6 nitrogen and oxygen atoms in total. The summed E-state index contributed by atoms with van der Waals surface area (Å²) in [5.41, 5.74) is 1.68. The van der Waals surface area contributed by atoms with E-state index in [0.717, 1.165) is 37.1 Å². The average molecular weight is 339 g/mol. The van der Waals surface area contributed by atoms with Crippen molar-refractivity contribution in [3.63, 3.8) is 0 Å². The number of nitrogens with two attached hydrogens (primary N) is 1. The van der Waals surface area contributed by atoms with Gasteiger partial charge in [-0.25, -0.2) is 18.4 Å². The number of likely N-dealkylation sites (tertiary alicyclic amines) is 1. The zero-order valence-electron chi connectivity index (χ0n) is 13.7. The van der Waals surface area contributed by atoms with Crippen molar-refractivity contribution in [3.8, 4) is 0 Å². The van der Waals surface area contributed by atoms with Crippen molar-refractivity contribution < 1.29 is 13.2 Å². The van der Waals surface area contributed by atoms with E-state index in [4.69, 9.17) is 5.14 Å². The molecule has 1 fully saturated rings. The van der Waals surface area contributed by atoms with E-state index in [2.05, 4.69) is 12.2 Å². The number of benzene rings is 1. The summed E-state index contributed by atoms with van der Waals surface area (Å²) < 4.78 is 22.7. The SMILES string of the molecule is Cc1cc(S(N)(=O)=O)ccc1CNC(=O)N1CCCC[C@H](C)C1. The lowest BCUT2D eigenvalue weighted by Crippen LogP contribution is -2.41. The van der Waals surface area contributed by atoms with E-state index in [-0.39, 0.29) is 10.9 Å². The van der Waals surface area contributed by atoms with Crippen LogP contribution in [0.5, 0.6) is 0 Å². The van der Waals surface area contributed by atoms with E-state index in [9.17, 15) is 13.2 Å². The first-order valence-corrected chi connectivity index (χ1v) is 9.47. The number of nitrogens with one attached hydrogen (secondary N) is 1. The summed E-state index contributed by atoms with van der Waals surface area (Å²) in [4.78, 5) is 14.3. The molecular formula is C16H25N3O3S. The Balaban J connectivity index is 1.99. The molecule has 3 N–H and O–H groups in total. The van der Waals surface area contributed by atoms with Crippen LogP contribution in [0.4, 0.5) is 4.79 Å². The van der Waals surface area contributed by atoms with Crippen LogP contribution in [-0.4, -0.2) is 32.4 Å². The molecule has 1 aromatic rings. The number of rotatable bonds is 3. The van der Waals surface area contributed by atoms with Crippen LogP contribution in [0.15, 0.2) is 23.1 Å². The highest BCUT2D eigenvalue weighted by Crippen LogP contribution is 2.17. The molecule has 0 unspecified atom stereocenters. The molecule has 1 aliphatic heterocycles. The highest BCUT2D eigenvalue weighted by atomic mass is 32.2. The number of carbonyl (C=O) groups is 1. The molecule has 0 aliphatic carbocycles. The van der Waals surface area contributed by atoms with Gasteiger partial charge >= 0.3 is 6.03 Å². The lowest BCUT2D eigenvalue weighted by Gasteiger charge is -2.23. The van der Waals surface area contributed by atoms with Crippen molar-refractivity contribution in [1.82, 2.24) is 10.2 Å². The topological polar surface area (TPSA) is 92.5 Å². The molecule has 1 saturated heterocycles. The summed E-state index contributed by atoms with van der Waals surface area (Å²) >= 11 is 0. The molecule has 1 heterocycles. The van der Waals surface area contributed by atoms with E-state index in [1.165, 1.54) is 18.6 Å². The molecule has 0 aromatic heterocycles. The Morgan fingerprint density at radius 2 is 2.13 bits per heavy atom. The van der Waals surface area contributed by atoms with Gasteiger partial charge in [0.25, 0.3) is 0 Å². The number of sulfonamides is 1. The van der Waals surface area contributed by atoms with Crippen molar-refractivity contribution in [2.75, 3.05) is 13.1 Å². The predicted octanol–water partition coefficient (Wildman–Crippen LogP) is 1.97. The Bertz CT molecular complexity index is 673. The van der Waals surface area contributed by atoms with Gasteiger partial charge in [-0.05, 0) is 48.9 Å². The van der Waals surface area contributed by atoms with E-state index in [0.29, 0.717) is 12.5 Å². The molecule has 1 aromatic carbocycles. The Morgan fingerprint density at radius 1 is 1.39 bits per heavy atom. The zero-order valence-corrected chi connectivity index (χ0v) is 14.5. The fourth-order valence-electron chi connectivity index (χ4n) is 2.87. The molecule has 2 rings (SSSR count). The van der Waals surface area contributed by atoms with Gasteiger partial charge in [-0.15, -0.1) is 0 Å². The summed E-state index contributed by atoms with van der Waals surface area (Å²) in [6.07, 6.45) is 3.37. The van der Waals surface area contributed by atoms with Crippen molar-refractivity contribution >= 4 is 16.1 Å². The van der Waals surface area contributed by atoms with Crippen LogP contribution in [0.25, 0.3) is 0 Å². The van der Waals surface area contributed by atoms with Crippen LogP contribution >= 0.6 is 0 Å². The van der Waals surface area contributed by atoms with Gasteiger partial charge in [-0.3, -0.25) is 0 Å². The fraction of sp³-hybridized carbons (Fsp3) is 0.562. The third-order valence-corrected chi connectivity index (χ3v) is 5.18.